The Bertz CT molecular complexity index is 1170. The van der Waals surface area contributed by atoms with Crippen molar-refractivity contribution in [3.8, 4) is 0 Å². The largest absolute Gasteiger partial charge is 0.472 e. The molecule has 8 atom stereocenters. The van der Waals surface area contributed by atoms with E-state index in [4.69, 9.17) is 18.5 Å². The number of phosphoric ester groups is 1. The third-order valence-electron chi connectivity index (χ3n) is 8.50. The lowest BCUT2D eigenvalue weighted by atomic mass is 9.85. The SMILES string of the molecule is CC/C=C/C=C/C=C/C=C/C=C/CCCC(=O)OC(COC(=O)CCCCCCCCCCCCC)COP(=O)(O)OC1C(O)C(O)C(O)[C@@H](O)C1O. The van der Waals surface area contributed by atoms with E-state index in [1.165, 1.54) is 44.9 Å². The van der Waals surface area contributed by atoms with Gasteiger partial charge in [0.2, 0.25) is 0 Å². The average Bonchev–Trinajstić information content (AvgIpc) is 3.13. The summed E-state index contributed by atoms with van der Waals surface area (Å²) in [7, 11) is -5.13. The van der Waals surface area contributed by atoms with Gasteiger partial charge in [0, 0.05) is 12.8 Å². The van der Waals surface area contributed by atoms with E-state index in [1.807, 2.05) is 54.7 Å². The van der Waals surface area contributed by atoms with Crippen LogP contribution in [0.2, 0.25) is 0 Å². The molecular formula is C39H65O13P. The van der Waals surface area contributed by atoms with Gasteiger partial charge in [-0.15, -0.1) is 0 Å². The average molecular weight is 773 g/mol. The molecule has 0 aromatic heterocycles. The van der Waals surface area contributed by atoms with Crippen LogP contribution < -0.4 is 0 Å². The van der Waals surface area contributed by atoms with Crippen molar-refractivity contribution in [2.75, 3.05) is 13.2 Å². The number of ether oxygens (including phenoxy) is 2. The molecule has 0 aliphatic heterocycles. The Balaban J connectivity index is 2.62. The molecule has 0 radical (unpaired) electrons. The van der Waals surface area contributed by atoms with Crippen LogP contribution in [0, 0.1) is 0 Å². The van der Waals surface area contributed by atoms with Gasteiger partial charge in [0.05, 0.1) is 6.61 Å². The van der Waals surface area contributed by atoms with Gasteiger partial charge in [-0.2, -0.15) is 0 Å². The predicted octanol–water partition coefficient (Wildman–Crippen LogP) is 5.82. The second kappa shape index (κ2) is 29.9. The van der Waals surface area contributed by atoms with Gasteiger partial charge in [-0.3, -0.25) is 18.6 Å². The molecule has 1 fully saturated rings. The maximum atomic E-state index is 12.7. The Hall–Kier alpha value is -2.45. The first kappa shape index (κ1) is 48.6. The second-order valence-electron chi connectivity index (χ2n) is 13.2. The van der Waals surface area contributed by atoms with Crippen LogP contribution in [-0.4, -0.2) is 98.3 Å². The number of carbonyl (C=O) groups is 2. The standard InChI is InChI=1S/C39H65O13P/c1-3-5-7-9-11-13-15-16-18-20-22-24-26-28-33(41)51-31(29-49-32(40)27-25-23-21-19-17-14-12-10-8-6-4-2)30-50-53(47,48)52-39-37(45)35(43)34(42)36(44)38(39)46/h5,7,9,11,13,15-16,18,20,22,31,34-39,42-46H,3-4,6,8,10,12,14,17,19,21,23-30H2,1-2H3,(H,47,48)/b7-5+,11-9+,15-13+,18-16+,22-20+/t31?,34?,35-,36?,37?,38?,39?/m1/s1. The molecule has 1 aliphatic rings. The van der Waals surface area contributed by atoms with E-state index in [-0.39, 0.29) is 12.8 Å². The van der Waals surface area contributed by atoms with Crippen molar-refractivity contribution in [2.24, 2.45) is 0 Å². The number of unbranched alkanes of at least 4 members (excludes halogenated alkanes) is 11. The van der Waals surface area contributed by atoms with Crippen LogP contribution in [0.5, 0.6) is 0 Å². The van der Waals surface area contributed by atoms with E-state index < -0.39 is 75.7 Å². The van der Waals surface area contributed by atoms with Crippen LogP contribution in [0.25, 0.3) is 0 Å². The van der Waals surface area contributed by atoms with Crippen molar-refractivity contribution >= 4 is 19.8 Å². The van der Waals surface area contributed by atoms with E-state index in [9.17, 15) is 44.6 Å². The lowest BCUT2D eigenvalue weighted by Gasteiger charge is -2.41. The van der Waals surface area contributed by atoms with E-state index in [0.29, 0.717) is 19.3 Å². The van der Waals surface area contributed by atoms with Gasteiger partial charge in [-0.05, 0) is 25.7 Å². The summed E-state index contributed by atoms with van der Waals surface area (Å²) in [5.41, 5.74) is 0. The summed E-state index contributed by atoms with van der Waals surface area (Å²) in [6.45, 7) is 3.03. The molecule has 53 heavy (non-hydrogen) atoms. The Labute approximate surface area is 315 Å². The van der Waals surface area contributed by atoms with Crippen molar-refractivity contribution in [3.05, 3.63) is 60.8 Å². The third-order valence-corrected chi connectivity index (χ3v) is 9.49. The van der Waals surface area contributed by atoms with Gasteiger partial charge < -0.3 is 39.9 Å². The summed E-state index contributed by atoms with van der Waals surface area (Å²) in [4.78, 5) is 35.4. The molecule has 0 heterocycles. The van der Waals surface area contributed by atoms with Gasteiger partial charge in [0.15, 0.2) is 6.10 Å². The topological polar surface area (TPSA) is 210 Å². The Morgan fingerprint density at radius 3 is 1.62 bits per heavy atom. The fourth-order valence-corrected chi connectivity index (χ4v) is 6.35. The molecule has 7 unspecified atom stereocenters. The monoisotopic (exact) mass is 772 g/mol. The zero-order valence-corrected chi connectivity index (χ0v) is 32.4. The minimum Gasteiger partial charge on any atom is -0.462 e. The van der Waals surface area contributed by atoms with Crippen molar-refractivity contribution in [1.82, 2.24) is 0 Å². The maximum Gasteiger partial charge on any atom is 0.472 e. The molecule has 14 heteroatoms. The first-order valence-electron chi connectivity index (χ1n) is 19.2. The zero-order valence-electron chi connectivity index (χ0n) is 31.5. The smallest absolute Gasteiger partial charge is 0.462 e. The molecule has 1 rings (SSSR count). The Morgan fingerprint density at radius 2 is 1.08 bits per heavy atom. The number of aliphatic hydroxyl groups excluding tert-OH is 5. The van der Waals surface area contributed by atoms with Crippen molar-refractivity contribution < 1.29 is 63.1 Å². The van der Waals surface area contributed by atoms with Crippen molar-refractivity contribution in [2.45, 2.75) is 159 Å². The highest BCUT2D eigenvalue weighted by atomic mass is 31.2. The molecule has 6 N–H and O–H groups in total. The molecule has 0 aromatic rings. The predicted molar refractivity (Wildman–Crippen MR) is 202 cm³/mol. The number of phosphoric acid groups is 1. The van der Waals surface area contributed by atoms with Gasteiger partial charge in [0.25, 0.3) is 0 Å². The number of allylic oxidation sites excluding steroid dienone is 10. The van der Waals surface area contributed by atoms with Gasteiger partial charge in [-0.1, -0.05) is 139 Å². The quantitative estimate of drug-likeness (QED) is 0.0229. The molecule has 0 amide bonds. The highest BCUT2D eigenvalue weighted by Crippen LogP contribution is 2.47. The highest BCUT2D eigenvalue weighted by molar-refractivity contribution is 7.47. The highest BCUT2D eigenvalue weighted by Gasteiger charge is 2.51. The Kier molecular flexibility index (Phi) is 27.4. The van der Waals surface area contributed by atoms with Crippen LogP contribution in [0.4, 0.5) is 0 Å². The van der Waals surface area contributed by atoms with E-state index in [0.717, 1.165) is 25.7 Å². The molecule has 304 valence electrons. The summed E-state index contributed by atoms with van der Waals surface area (Å²) >= 11 is 0. The zero-order chi connectivity index (χ0) is 39.3. The number of esters is 2. The normalized spacial score (nSPS) is 24.2. The van der Waals surface area contributed by atoms with Crippen LogP contribution >= 0.6 is 7.82 Å². The number of hydrogen-bond donors (Lipinski definition) is 6. The fourth-order valence-electron chi connectivity index (χ4n) is 5.37. The van der Waals surface area contributed by atoms with E-state index >= 15 is 0 Å². The summed E-state index contributed by atoms with van der Waals surface area (Å²) in [5.74, 6) is -1.19. The molecule has 0 bridgehead atoms. The van der Waals surface area contributed by atoms with E-state index in [2.05, 4.69) is 19.9 Å². The summed E-state index contributed by atoms with van der Waals surface area (Å²) < 4.78 is 33.2. The lowest BCUT2D eigenvalue weighted by Crippen LogP contribution is -2.64. The molecule has 0 saturated heterocycles. The van der Waals surface area contributed by atoms with Gasteiger partial charge >= 0.3 is 19.8 Å². The maximum absolute atomic E-state index is 12.7. The molecule has 13 nitrogen and oxygen atoms in total. The van der Waals surface area contributed by atoms with Crippen molar-refractivity contribution in [3.63, 3.8) is 0 Å². The first-order chi connectivity index (χ1) is 25.4. The first-order valence-corrected chi connectivity index (χ1v) is 20.7. The molecule has 0 aromatic carbocycles. The summed E-state index contributed by atoms with van der Waals surface area (Å²) in [6, 6.07) is 0. The van der Waals surface area contributed by atoms with E-state index in [1.54, 1.807) is 0 Å². The lowest BCUT2D eigenvalue weighted by molar-refractivity contribution is -0.220. The van der Waals surface area contributed by atoms with Crippen LogP contribution in [0.1, 0.15) is 117 Å². The van der Waals surface area contributed by atoms with Crippen LogP contribution in [0.3, 0.4) is 0 Å². The number of carbonyl (C=O) groups excluding carboxylic acids is 2. The van der Waals surface area contributed by atoms with Crippen LogP contribution in [0.15, 0.2) is 60.8 Å². The number of rotatable bonds is 29. The third kappa shape index (κ3) is 23.2. The fraction of sp³-hybridized carbons (Fsp3) is 0.692. The molecule has 1 saturated carbocycles. The van der Waals surface area contributed by atoms with Crippen molar-refractivity contribution in [1.29, 1.82) is 0 Å². The second-order valence-corrected chi connectivity index (χ2v) is 14.6. The summed E-state index contributed by atoms with van der Waals surface area (Å²) in [5, 5.41) is 49.9. The van der Waals surface area contributed by atoms with Gasteiger partial charge in [0.1, 0.15) is 43.2 Å². The Morgan fingerprint density at radius 1 is 0.604 bits per heavy atom. The minimum atomic E-state index is -5.13. The number of hydrogen-bond acceptors (Lipinski definition) is 12. The minimum absolute atomic E-state index is 0.000929. The summed E-state index contributed by atoms with van der Waals surface area (Å²) in [6.07, 6.45) is 20.3. The molecule has 1 aliphatic carbocycles. The molecular weight excluding hydrogens is 707 g/mol. The molecule has 0 spiro atoms. The van der Waals surface area contributed by atoms with Gasteiger partial charge in [-0.25, -0.2) is 4.57 Å². The van der Waals surface area contributed by atoms with Crippen LogP contribution in [-0.2, 0) is 32.7 Å². The number of aliphatic hydroxyl groups is 5.